The summed E-state index contributed by atoms with van der Waals surface area (Å²) < 4.78 is 18.7. The number of nitrogens with two attached hydrogens (primary N) is 1. The maximum atomic E-state index is 13.7. The number of hydrogen-bond acceptors (Lipinski definition) is 3. The van der Waals surface area contributed by atoms with E-state index in [9.17, 15) is 4.39 Å². The highest BCUT2D eigenvalue weighted by Gasteiger charge is 2.27. The van der Waals surface area contributed by atoms with Crippen LogP contribution in [0.4, 0.5) is 4.39 Å². The molecule has 2 rings (SSSR count). The van der Waals surface area contributed by atoms with E-state index in [0.29, 0.717) is 11.7 Å². The van der Waals surface area contributed by atoms with Crippen LogP contribution >= 0.6 is 0 Å². The van der Waals surface area contributed by atoms with Crippen LogP contribution < -0.4 is 10.5 Å². The van der Waals surface area contributed by atoms with Crippen molar-refractivity contribution >= 4 is 0 Å². The van der Waals surface area contributed by atoms with Crippen molar-refractivity contribution in [1.82, 2.24) is 4.90 Å². The predicted octanol–water partition coefficient (Wildman–Crippen LogP) is 2.56. The molecular weight excluding hydrogens is 243 g/mol. The van der Waals surface area contributed by atoms with Gasteiger partial charge in [-0.2, -0.15) is 0 Å². The van der Waals surface area contributed by atoms with E-state index in [4.69, 9.17) is 10.5 Å². The molecule has 1 aliphatic rings. The third-order valence-electron chi connectivity index (χ3n) is 4.25. The molecule has 3 unspecified atom stereocenters. The van der Waals surface area contributed by atoms with Gasteiger partial charge in [-0.1, -0.05) is 13.0 Å². The molecule has 1 heterocycles. The molecule has 0 radical (unpaired) electrons. The Labute approximate surface area is 114 Å². The fourth-order valence-electron chi connectivity index (χ4n) is 2.63. The highest BCUT2D eigenvalue weighted by Crippen LogP contribution is 2.28. The van der Waals surface area contributed by atoms with Gasteiger partial charge in [-0.05, 0) is 43.5 Å². The maximum Gasteiger partial charge on any atom is 0.165 e. The molecule has 0 spiro atoms. The number of methoxy groups -OCH3 is 1. The quantitative estimate of drug-likeness (QED) is 0.914. The van der Waals surface area contributed by atoms with E-state index in [-0.39, 0.29) is 17.9 Å². The van der Waals surface area contributed by atoms with Crippen LogP contribution in [0.15, 0.2) is 18.2 Å². The van der Waals surface area contributed by atoms with Crippen molar-refractivity contribution in [3.8, 4) is 5.75 Å². The van der Waals surface area contributed by atoms with Gasteiger partial charge in [0.05, 0.1) is 7.11 Å². The van der Waals surface area contributed by atoms with Gasteiger partial charge in [0.15, 0.2) is 11.6 Å². The zero-order chi connectivity index (χ0) is 14.0. The number of piperidine rings is 1. The summed E-state index contributed by atoms with van der Waals surface area (Å²) in [4.78, 5) is 2.33. The third-order valence-corrected chi connectivity index (χ3v) is 4.25. The molecule has 19 heavy (non-hydrogen) atoms. The van der Waals surface area contributed by atoms with Crippen LogP contribution in [0.25, 0.3) is 0 Å². The van der Waals surface area contributed by atoms with Gasteiger partial charge in [-0.15, -0.1) is 0 Å². The van der Waals surface area contributed by atoms with Crippen LogP contribution in [0.2, 0.25) is 0 Å². The van der Waals surface area contributed by atoms with Gasteiger partial charge in [0.25, 0.3) is 0 Å². The van der Waals surface area contributed by atoms with Crippen LogP contribution in [0, 0.1) is 11.7 Å². The normalized spacial score (nSPS) is 26.2. The molecule has 4 heteroatoms. The standard InChI is InChI=1S/C15H23FN2O/c1-10-6-7-18(9-14(10)17)11(2)12-4-5-15(19-3)13(16)8-12/h4-5,8,10-11,14H,6-7,9,17H2,1-3H3. The number of nitrogens with zero attached hydrogens (tertiary/aromatic N) is 1. The number of benzene rings is 1. The lowest BCUT2D eigenvalue weighted by Crippen LogP contribution is -2.48. The van der Waals surface area contributed by atoms with Crippen LogP contribution in [0.5, 0.6) is 5.75 Å². The highest BCUT2D eigenvalue weighted by atomic mass is 19.1. The first-order valence-corrected chi connectivity index (χ1v) is 6.86. The Hall–Kier alpha value is -1.13. The van der Waals surface area contributed by atoms with Gasteiger partial charge in [-0.3, -0.25) is 4.90 Å². The fourth-order valence-corrected chi connectivity index (χ4v) is 2.63. The second kappa shape index (κ2) is 5.88. The smallest absolute Gasteiger partial charge is 0.165 e. The lowest BCUT2D eigenvalue weighted by atomic mass is 9.92. The summed E-state index contributed by atoms with van der Waals surface area (Å²) >= 11 is 0. The molecular formula is C15H23FN2O. The van der Waals surface area contributed by atoms with Crippen LogP contribution in [-0.2, 0) is 0 Å². The molecule has 1 saturated heterocycles. The van der Waals surface area contributed by atoms with E-state index in [1.807, 2.05) is 6.07 Å². The van der Waals surface area contributed by atoms with Gasteiger partial charge in [0.2, 0.25) is 0 Å². The Morgan fingerprint density at radius 1 is 1.47 bits per heavy atom. The van der Waals surface area contributed by atoms with Gasteiger partial charge in [-0.25, -0.2) is 4.39 Å². The molecule has 0 saturated carbocycles. The monoisotopic (exact) mass is 266 g/mol. The van der Waals surface area contributed by atoms with E-state index in [0.717, 1.165) is 25.1 Å². The molecule has 1 aliphatic heterocycles. The molecule has 3 atom stereocenters. The van der Waals surface area contributed by atoms with E-state index < -0.39 is 0 Å². The first-order chi connectivity index (χ1) is 9.02. The predicted molar refractivity (Wildman–Crippen MR) is 74.7 cm³/mol. The Bertz CT molecular complexity index is 438. The van der Waals surface area contributed by atoms with Crippen LogP contribution in [-0.4, -0.2) is 31.1 Å². The van der Waals surface area contributed by atoms with Gasteiger partial charge >= 0.3 is 0 Å². The molecule has 0 bridgehead atoms. The lowest BCUT2D eigenvalue weighted by molar-refractivity contribution is 0.128. The van der Waals surface area contributed by atoms with Gasteiger partial charge in [0, 0.05) is 18.6 Å². The molecule has 0 aromatic heterocycles. The van der Waals surface area contributed by atoms with Crippen LogP contribution in [0.3, 0.4) is 0 Å². The summed E-state index contributed by atoms with van der Waals surface area (Å²) in [7, 11) is 1.48. The SMILES string of the molecule is COc1ccc(C(C)N2CCC(C)C(N)C2)cc1F. The second-order valence-electron chi connectivity index (χ2n) is 5.49. The molecule has 1 fully saturated rings. The summed E-state index contributed by atoms with van der Waals surface area (Å²) in [5.41, 5.74) is 7.10. The average Bonchev–Trinajstić information content (AvgIpc) is 2.41. The van der Waals surface area contributed by atoms with Gasteiger partial charge in [0.1, 0.15) is 0 Å². The van der Waals surface area contributed by atoms with E-state index in [2.05, 4.69) is 18.7 Å². The number of hydrogen-bond donors (Lipinski definition) is 1. The molecule has 1 aromatic rings. The lowest BCUT2D eigenvalue weighted by Gasteiger charge is -2.38. The molecule has 3 nitrogen and oxygen atoms in total. The summed E-state index contributed by atoms with van der Waals surface area (Å²) in [5.74, 6) is 0.553. The minimum atomic E-state index is -0.304. The first-order valence-electron chi connectivity index (χ1n) is 6.86. The van der Waals surface area contributed by atoms with E-state index >= 15 is 0 Å². The van der Waals surface area contributed by atoms with Crippen molar-refractivity contribution < 1.29 is 9.13 Å². The number of rotatable bonds is 3. The minimum absolute atomic E-state index is 0.180. The second-order valence-corrected chi connectivity index (χ2v) is 5.49. The van der Waals surface area contributed by atoms with Crippen LogP contribution in [0.1, 0.15) is 31.9 Å². The van der Waals surface area contributed by atoms with Gasteiger partial charge < -0.3 is 10.5 Å². The summed E-state index contributed by atoms with van der Waals surface area (Å²) in [6.45, 7) is 6.18. The first kappa shape index (κ1) is 14.3. The third kappa shape index (κ3) is 3.07. The topological polar surface area (TPSA) is 38.5 Å². The minimum Gasteiger partial charge on any atom is -0.494 e. The van der Waals surface area contributed by atoms with Crippen molar-refractivity contribution in [3.05, 3.63) is 29.6 Å². The molecule has 0 aliphatic carbocycles. The number of likely N-dealkylation sites (tertiary alicyclic amines) is 1. The van der Waals surface area contributed by atoms with Crippen molar-refractivity contribution in [3.63, 3.8) is 0 Å². The zero-order valence-electron chi connectivity index (χ0n) is 11.9. The van der Waals surface area contributed by atoms with Crippen molar-refractivity contribution in [1.29, 1.82) is 0 Å². The average molecular weight is 266 g/mol. The van der Waals surface area contributed by atoms with E-state index in [1.54, 1.807) is 12.1 Å². The Balaban J connectivity index is 2.11. The molecule has 1 aromatic carbocycles. The number of ether oxygens (including phenoxy) is 1. The highest BCUT2D eigenvalue weighted by molar-refractivity contribution is 5.30. The number of halogens is 1. The molecule has 106 valence electrons. The Kier molecular flexibility index (Phi) is 4.42. The van der Waals surface area contributed by atoms with Crippen molar-refractivity contribution in [2.75, 3.05) is 20.2 Å². The summed E-state index contributed by atoms with van der Waals surface area (Å²) in [6, 6.07) is 5.56. The van der Waals surface area contributed by atoms with Crippen molar-refractivity contribution in [2.24, 2.45) is 11.7 Å². The summed E-state index contributed by atoms with van der Waals surface area (Å²) in [6.07, 6.45) is 1.10. The molecule has 0 amide bonds. The maximum absolute atomic E-state index is 13.7. The van der Waals surface area contributed by atoms with E-state index in [1.165, 1.54) is 7.11 Å². The largest absolute Gasteiger partial charge is 0.494 e. The Morgan fingerprint density at radius 2 is 2.21 bits per heavy atom. The fraction of sp³-hybridized carbons (Fsp3) is 0.600. The van der Waals surface area contributed by atoms with Crippen molar-refractivity contribution in [2.45, 2.75) is 32.4 Å². The Morgan fingerprint density at radius 3 is 2.79 bits per heavy atom. The zero-order valence-corrected chi connectivity index (χ0v) is 11.9. The molecule has 2 N–H and O–H groups in total. The summed E-state index contributed by atoms with van der Waals surface area (Å²) in [5, 5.41) is 0.